The van der Waals surface area contributed by atoms with E-state index >= 15 is 0 Å². The highest BCUT2D eigenvalue weighted by Crippen LogP contribution is 2.38. The van der Waals surface area contributed by atoms with Gasteiger partial charge in [0, 0.05) is 24.3 Å². The molecule has 2 saturated heterocycles. The van der Waals surface area contributed by atoms with Crippen molar-refractivity contribution in [3.05, 3.63) is 30.9 Å². The first-order valence-electron chi connectivity index (χ1n) is 7.81. The maximum absolute atomic E-state index is 6.05. The van der Waals surface area contributed by atoms with Crippen molar-refractivity contribution in [2.45, 2.75) is 37.8 Å². The molecule has 2 unspecified atom stereocenters. The number of nitrogens with zero attached hydrogens (tertiary/aromatic N) is 4. The first-order chi connectivity index (χ1) is 10.3. The Morgan fingerprint density at radius 3 is 3.00 bits per heavy atom. The van der Waals surface area contributed by atoms with Crippen LogP contribution in [0.4, 0.5) is 5.82 Å². The van der Waals surface area contributed by atoms with E-state index in [1.165, 1.54) is 38.8 Å². The van der Waals surface area contributed by atoms with Crippen molar-refractivity contribution < 1.29 is 0 Å². The third-order valence-corrected chi connectivity index (χ3v) is 4.96. The van der Waals surface area contributed by atoms with E-state index in [-0.39, 0.29) is 0 Å². The highest BCUT2D eigenvalue weighted by atomic mass is 15.3. The minimum Gasteiger partial charge on any atom is -0.383 e. The lowest BCUT2D eigenvalue weighted by Crippen LogP contribution is -2.37. The van der Waals surface area contributed by atoms with E-state index in [4.69, 9.17) is 5.73 Å². The van der Waals surface area contributed by atoms with Gasteiger partial charge in [-0.05, 0) is 37.9 Å². The second-order valence-electron chi connectivity index (χ2n) is 6.08. The Morgan fingerprint density at radius 2 is 2.10 bits per heavy atom. The molecule has 4 rings (SSSR count). The molecule has 4 heterocycles. The van der Waals surface area contributed by atoms with Crippen LogP contribution in [0, 0.1) is 0 Å². The molecule has 0 saturated carbocycles. The second-order valence-corrected chi connectivity index (χ2v) is 6.08. The fraction of sp³-hybridized carbons (Fsp3) is 0.500. The van der Waals surface area contributed by atoms with E-state index in [1.54, 1.807) is 6.20 Å². The number of nitrogens with two attached hydrogens (primary N) is 1. The Labute approximate surface area is 124 Å². The summed E-state index contributed by atoms with van der Waals surface area (Å²) >= 11 is 0. The zero-order chi connectivity index (χ0) is 14.2. The predicted octanol–water partition coefficient (Wildman–Crippen LogP) is 2.33. The van der Waals surface area contributed by atoms with Crippen LogP contribution < -0.4 is 5.73 Å². The second kappa shape index (κ2) is 5.15. The van der Waals surface area contributed by atoms with E-state index in [0.29, 0.717) is 17.9 Å². The van der Waals surface area contributed by atoms with Crippen molar-refractivity contribution in [2.24, 2.45) is 0 Å². The van der Waals surface area contributed by atoms with Gasteiger partial charge in [-0.3, -0.25) is 4.90 Å². The van der Waals surface area contributed by atoms with Gasteiger partial charge in [0.15, 0.2) is 0 Å². The lowest BCUT2D eigenvalue weighted by molar-refractivity contribution is 0.174. The zero-order valence-electron chi connectivity index (χ0n) is 12.2. The van der Waals surface area contributed by atoms with Gasteiger partial charge >= 0.3 is 0 Å². The van der Waals surface area contributed by atoms with E-state index < -0.39 is 0 Å². The van der Waals surface area contributed by atoms with Gasteiger partial charge in [0.1, 0.15) is 5.82 Å². The van der Waals surface area contributed by atoms with Crippen molar-refractivity contribution in [3.63, 3.8) is 0 Å². The number of anilines is 1. The van der Waals surface area contributed by atoms with E-state index in [2.05, 4.69) is 19.4 Å². The SMILES string of the molecule is Nc1ncccc1-c1cncn1C1CCN2CCCCC12. The molecule has 5 nitrogen and oxygen atoms in total. The van der Waals surface area contributed by atoms with Crippen LogP contribution in [0.3, 0.4) is 0 Å². The Hall–Kier alpha value is -1.88. The van der Waals surface area contributed by atoms with Crippen molar-refractivity contribution >= 4 is 5.82 Å². The van der Waals surface area contributed by atoms with Crippen LogP contribution in [-0.2, 0) is 0 Å². The minimum absolute atomic E-state index is 0.516. The highest BCUT2D eigenvalue weighted by molar-refractivity contribution is 5.70. The van der Waals surface area contributed by atoms with Crippen LogP contribution in [-0.4, -0.2) is 38.6 Å². The lowest BCUT2D eigenvalue weighted by atomic mass is 9.98. The Bertz CT molecular complexity index is 635. The summed E-state index contributed by atoms with van der Waals surface area (Å²) in [5.41, 5.74) is 8.13. The molecular formula is C16H21N5. The molecule has 5 heteroatoms. The van der Waals surface area contributed by atoms with Crippen molar-refractivity contribution in [3.8, 4) is 11.3 Å². The molecule has 0 radical (unpaired) electrons. The topological polar surface area (TPSA) is 60.0 Å². The summed E-state index contributed by atoms with van der Waals surface area (Å²) in [5.74, 6) is 0.581. The number of imidazole rings is 1. The van der Waals surface area contributed by atoms with Crippen molar-refractivity contribution in [2.75, 3.05) is 18.8 Å². The first kappa shape index (κ1) is 12.8. The molecule has 0 spiro atoms. The molecule has 0 amide bonds. The number of piperidine rings is 1. The third kappa shape index (κ3) is 2.12. The largest absolute Gasteiger partial charge is 0.383 e. The van der Waals surface area contributed by atoms with Crippen molar-refractivity contribution in [1.82, 2.24) is 19.4 Å². The van der Waals surface area contributed by atoms with Gasteiger partial charge < -0.3 is 10.3 Å². The van der Waals surface area contributed by atoms with Gasteiger partial charge in [0.05, 0.1) is 24.3 Å². The van der Waals surface area contributed by atoms with Crippen LogP contribution >= 0.6 is 0 Å². The van der Waals surface area contributed by atoms with Gasteiger partial charge in [-0.1, -0.05) is 6.42 Å². The fourth-order valence-electron chi connectivity index (χ4n) is 3.96. The zero-order valence-corrected chi connectivity index (χ0v) is 12.2. The molecule has 110 valence electrons. The number of nitrogen functional groups attached to an aromatic ring is 1. The molecule has 0 bridgehead atoms. The van der Waals surface area contributed by atoms with E-state index in [1.807, 2.05) is 24.7 Å². The summed E-state index contributed by atoms with van der Waals surface area (Å²) in [6.45, 7) is 2.45. The number of rotatable bonds is 2. The summed E-state index contributed by atoms with van der Waals surface area (Å²) in [6, 6.07) is 5.14. The van der Waals surface area contributed by atoms with Crippen molar-refractivity contribution in [1.29, 1.82) is 0 Å². The number of hydrogen-bond donors (Lipinski definition) is 1. The molecule has 2 aliphatic heterocycles. The molecule has 21 heavy (non-hydrogen) atoms. The molecule has 2 fully saturated rings. The predicted molar refractivity (Wildman–Crippen MR) is 82.7 cm³/mol. The van der Waals surface area contributed by atoms with Crippen LogP contribution in [0.25, 0.3) is 11.3 Å². The van der Waals surface area contributed by atoms with E-state index in [9.17, 15) is 0 Å². The molecule has 0 aliphatic carbocycles. The van der Waals surface area contributed by atoms with Gasteiger partial charge in [-0.15, -0.1) is 0 Å². The first-order valence-corrected chi connectivity index (χ1v) is 7.81. The monoisotopic (exact) mass is 283 g/mol. The fourth-order valence-corrected chi connectivity index (χ4v) is 3.96. The normalized spacial score (nSPS) is 25.9. The number of hydrogen-bond acceptors (Lipinski definition) is 4. The Balaban J connectivity index is 1.71. The van der Waals surface area contributed by atoms with Crippen LogP contribution in [0.2, 0.25) is 0 Å². The average molecular weight is 283 g/mol. The Morgan fingerprint density at radius 1 is 1.14 bits per heavy atom. The van der Waals surface area contributed by atoms with Gasteiger partial charge in [0.2, 0.25) is 0 Å². The summed E-state index contributed by atoms with van der Waals surface area (Å²) in [4.78, 5) is 11.2. The van der Waals surface area contributed by atoms with Gasteiger partial charge in [0.25, 0.3) is 0 Å². The number of aromatic nitrogens is 3. The molecule has 2 atom stereocenters. The Kier molecular flexibility index (Phi) is 3.15. The van der Waals surface area contributed by atoms with Gasteiger partial charge in [-0.25, -0.2) is 9.97 Å². The molecule has 0 aromatic carbocycles. The maximum atomic E-state index is 6.05. The lowest BCUT2D eigenvalue weighted by Gasteiger charge is -2.33. The van der Waals surface area contributed by atoms with E-state index in [0.717, 1.165) is 11.3 Å². The maximum Gasteiger partial charge on any atom is 0.132 e. The standard InChI is InChI=1S/C16H21N5/c17-16-12(4-3-7-19-16)15-10-18-11-21(15)14-6-9-20-8-2-1-5-13(14)20/h3-4,7,10-11,13-14H,1-2,5-6,8-9H2,(H2,17,19). The van der Waals surface area contributed by atoms with Crippen LogP contribution in [0.15, 0.2) is 30.9 Å². The summed E-state index contributed by atoms with van der Waals surface area (Å²) in [6.07, 6.45) is 10.8. The third-order valence-electron chi connectivity index (χ3n) is 4.96. The molecule has 2 aliphatic rings. The molecular weight excluding hydrogens is 262 g/mol. The quantitative estimate of drug-likeness (QED) is 0.919. The van der Waals surface area contributed by atoms with Crippen LogP contribution in [0.1, 0.15) is 31.7 Å². The number of pyridine rings is 1. The minimum atomic E-state index is 0.516. The molecule has 2 N–H and O–H groups in total. The molecule has 2 aromatic heterocycles. The molecule has 2 aromatic rings. The summed E-state index contributed by atoms with van der Waals surface area (Å²) < 4.78 is 2.32. The van der Waals surface area contributed by atoms with Crippen LogP contribution in [0.5, 0.6) is 0 Å². The summed E-state index contributed by atoms with van der Waals surface area (Å²) in [7, 11) is 0. The van der Waals surface area contributed by atoms with Gasteiger partial charge in [-0.2, -0.15) is 0 Å². The summed E-state index contributed by atoms with van der Waals surface area (Å²) in [5, 5.41) is 0. The highest BCUT2D eigenvalue weighted by Gasteiger charge is 2.37. The number of fused-ring (bicyclic) bond motifs is 1. The smallest absolute Gasteiger partial charge is 0.132 e. The average Bonchev–Trinajstić information content (AvgIpc) is 3.13.